The quantitative estimate of drug-likeness (QED) is 0.333. The molecule has 0 aromatic rings. The third-order valence-electron chi connectivity index (χ3n) is 2.49. The van der Waals surface area contributed by atoms with Crippen LogP contribution in [0, 0.1) is 0 Å². The van der Waals surface area contributed by atoms with Crippen LogP contribution in [0.4, 0.5) is 30.9 Å². The molecule has 0 N–H and O–H groups in total. The number of halogens is 7. The fraction of sp³-hybridized carbons (Fsp3) is 0.833. The summed E-state index contributed by atoms with van der Waals surface area (Å²) in [4.78, 5) is 2.94. The molecule has 22 heavy (non-hydrogen) atoms. The van der Waals surface area contributed by atoms with Gasteiger partial charge < -0.3 is 14.4 Å². The molecule has 0 rings (SSSR count). The van der Waals surface area contributed by atoms with E-state index in [0.29, 0.717) is 25.2 Å². The van der Waals surface area contributed by atoms with Gasteiger partial charge in [0.2, 0.25) is 0 Å². The lowest BCUT2D eigenvalue weighted by Crippen LogP contribution is -2.40. The zero-order valence-corrected chi connectivity index (χ0v) is 11.7. The molecule has 0 fully saturated rings. The lowest BCUT2D eigenvalue weighted by Gasteiger charge is -2.25. The van der Waals surface area contributed by atoms with Gasteiger partial charge in [0.25, 0.3) is 0 Å². The average Bonchev–Trinajstić information content (AvgIpc) is 2.37. The van der Waals surface area contributed by atoms with E-state index < -0.39 is 37.6 Å². The first-order valence-electron chi connectivity index (χ1n) is 6.42. The van der Waals surface area contributed by atoms with Gasteiger partial charge in [-0.1, -0.05) is 13.3 Å². The van der Waals surface area contributed by atoms with Gasteiger partial charge in [0, 0.05) is 17.6 Å². The molecule has 132 valence electrons. The van der Waals surface area contributed by atoms with Crippen molar-refractivity contribution in [3.8, 4) is 0 Å². The Labute approximate surface area is 122 Å². The summed E-state index contributed by atoms with van der Waals surface area (Å²) in [6.45, 7) is 0.180. The molecule has 0 aromatic carbocycles. The van der Waals surface area contributed by atoms with Crippen LogP contribution in [0.25, 0.3) is 0 Å². The maximum atomic E-state index is 12.6. The minimum absolute atomic E-state index is 0.240. The molecule has 0 saturated heterocycles. The fourth-order valence-corrected chi connectivity index (χ4v) is 1.32. The van der Waals surface area contributed by atoms with Crippen LogP contribution in [-0.4, -0.2) is 37.8 Å². The van der Waals surface area contributed by atoms with E-state index in [1.54, 1.807) is 6.92 Å². The Morgan fingerprint density at radius 1 is 0.955 bits per heavy atom. The van der Waals surface area contributed by atoms with Crippen LogP contribution in [0.15, 0.2) is 12.3 Å². The number of rotatable bonds is 10. The van der Waals surface area contributed by atoms with Crippen LogP contribution in [0.3, 0.4) is 0 Å². The van der Waals surface area contributed by atoms with Gasteiger partial charge in [0.05, 0.1) is 6.61 Å². The van der Waals surface area contributed by atoms with E-state index in [1.807, 2.05) is 0 Å². The second-order valence-corrected chi connectivity index (χ2v) is 4.31. The van der Waals surface area contributed by atoms with E-state index in [1.165, 1.54) is 0 Å². The molecule has 10 heteroatoms. The number of unbranched alkanes of at least 4 members (excludes halogenated alkanes) is 1. The van der Waals surface area contributed by atoms with Crippen molar-refractivity contribution in [1.29, 1.82) is 0 Å². The summed E-state index contributed by atoms with van der Waals surface area (Å²) in [5, 5.41) is 0. The van der Waals surface area contributed by atoms with Crippen LogP contribution < -0.4 is 0 Å². The molecule has 0 aliphatic rings. The molecule has 0 heterocycles. The van der Waals surface area contributed by atoms with Crippen molar-refractivity contribution in [1.82, 2.24) is 0 Å². The van der Waals surface area contributed by atoms with E-state index in [-0.39, 0.29) is 6.61 Å². The highest BCUT2D eigenvalue weighted by Crippen LogP contribution is 2.29. The first kappa shape index (κ1) is 21.0. The molecule has 2 unspecified atom stereocenters. The van der Waals surface area contributed by atoms with Crippen molar-refractivity contribution >= 4 is 0 Å². The standard InChI is InChI=1S/C12H17F7O3/c1-2-3-6-20-10(12(16,17)18)8-21-9(11(13,14)15)5-4-7-22-19/h4,7,9-10H,2-3,5-6,8H2,1H3. The van der Waals surface area contributed by atoms with Crippen molar-refractivity contribution in [2.45, 2.75) is 50.7 Å². The van der Waals surface area contributed by atoms with Gasteiger partial charge in [0.1, 0.15) is 6.26 Å². The predicted octanol–water partition coefficient (Wildman–Crippen LogP) is 4.49. The van der Waals surface area contributed by atoms with Gasteiger partial charge in [-0.05, 0) is 12.5 Å². The molecule has 0 aliphatic carbocycles. The highest BCUT2D eigenvalue weighted by Gasteiger charge is 2.45. The molecular weight excluding hydrogens is 325 g/mol. The van der Waals surface area contributed by atoms with Gasteiger partial charge >= 0.3 is 12.4 Å². The summed E-state index contributed by atoms with van der Waals surface area (Å²) < 4.78 is 95.7. The van der Waals surface area contributed by atoms with E-state index >= 15 is 0 Å². The van der Waals surface area contributed by atoms with Gasteiger partial charge in [-0.3, -0.25) is 0 Å². The maximum absolute atomic E-state index is 12.6. The summed E-state index contributed by atoms with van der Waals surface area (Å²) in [5.74, 6) is 0. The fourth-order valence-electron chi connectivity index (χ4n) is 1.32. The zero-order chi connectivity index (χ0) is 17.2. The SMILES string of the molecule is CCCCOC(COC(CC=COF)C(F)(F)F)C(F)(F)F. The Morgan fingerprint density at radius 2 is 1.55 bits per heavy atom. The van der Waals surface area contributed by atoms with Crippen LogP contribution in [0.2, 0.25) is 0 Å². The molecule has 0 aromatic heterocycles. The van der Waals surface area contributed by atoms with E-state index in [0.717, 1.165) is 0 Å². The van der Waals surface area contributed by atoms with E-state index in [4.69, 9.17) is 0 Å². The lowest BCUT2D eigenvalue weighted by atomic mass is 10.2. The Kier molecular flexibility index (Phi) is 9.42. The number of hydrogen-bond acceptors (Lipinski definition) is 3. The Morgan fingerprint density at radius 3 is 2.00 bits per heavy atom. The smallest absolute Gasteiger partial charge is 0.366 e. The maximum Gasteiger partial charge on any atom is 0.416 e. The number of hydrogen-bond donors (Lipinski definition) is 0. The van der Waals surface area contributed by atoms with E-state index in [9.17, 15) is 30.9 Å². The normalized spacial score (nSPS) is 16.0. The van der Waals surface area contributed by atoms with Crippen LogP contribution in [0.1, 0.15) is 26.2 Å². The van der Waals surface area contributed by atoms with Gasteiger partial charge in [-0.25, -0.2) is 0 Å². The van der Waals surface area contributed by atoms with Gasteiger partial charge in [0.15, 0.2) is 12.2 Å². The molecule has 0 radical (unpaired) electrons. The predicted molar refractivity (Wildman–Crippen MR) is 62.4 cm³/mol. The van der Waals surface area contributed by atoms with Crippen molar-refractivity contribution in [2.24, 2.45) is 0 Å². The molecule has 0 saturated carbocycles. The molecule has 0 aliphatic heterocycles. The summed E-state index contributed by atoms with van der Waals surface area (Å²) in [6.07, 6.45) is -13.7. The summed E-state index contributed by atoms with van der Waals surface area (Å²) in [7, 11) is 0. The molecule has 0 spiro atoms. The van der Waals surface area contributed by atoms with Crippen molar-refractivity contribution in [3.63, 3.8) is 0 Å². The molecule has 2 atom stereocenters. The lowest BCUT2D eigenvalue weighted by molar-refractivity contribution is -0.263. The average molecular weight is 342 g/mol. The Bertz CT molecular complexity index is 315. The second kappa shape index (κ2) is 9.88. The highest BCUT2D eigenvalue weighted by molar-refractivity contribution is 4.82. The first-order chi connectivity index (χ1) is 10.1. The van der Waals surface area contributed by atoms with Crippen molar-refractivity contribution in [2.75, 3.05) is 13.2 Å². The molecule has 0 amide bonds. The minimum atomic E-state index is -4.90. The van der Waals surface area contributed by atoms with E-state index in [2.05, 4.69) is 14.4 Å². The monoisotopic (exact) mass is 342 g/mol. The Balaban J connectivity index is 4.63. The summed E-state index contributed by atoms with van der Waals surface area (Å²) in [5.41, 5.74) is 0. The Hall–Kier alpha value is -1.03. The summed E-state index contributed by atoms with van der Waals surface area (Å²) in [6, 6.07) is 0. The zero-order valence-electron chi connectivity index (χ0n) is 11.7. The first-order valence-corrected chi connectivity index (χ1v) is 6.42. The molecule has 0 bridgehead atoms. The van der Waals surface area contributed by atoms with Crippen LogP contribution >= 0.6 is 0 Å². The molecular formula is C12H17F7O3. The summed E-state index contributed by atoms with van der Waals surface area (Å²) >= 11 is 0. The number of alkyl halides is 6. The second-order valence-electron chi connectivity index (χ2n) is 4.31. The third kappa shape index (κ3) is 9.08. The third-order valence-corrected chi connectivity index (χ3v) is 2.49. The minimum Gasteiger partial charge on any atom is -0.366 e. The van der Waals surface area contributed by atoms with Crippen LogP contribution in [-0.2, 0) is 14.4 Å². The van der Waals surface area contributed by atoms with Crippen molar-refractivity contribution in [3.05, 3.63) is 12.3 Å². The van der Waals surface area contributed by atoms with Crippen molar-refractivity contribution < 1.29 is 45.3 Å². The largest absolute Gasteiger partial charge is 0.416 e. The van der Waals surface area contributed by atoms with Crippen LogP contribution in [0.5, 0.6) is 0 Å². The van der Waals surface area contributed by atoms with Gasteiger partial charge in [-0.15, -0.1) is 0 Å². The number of ether oxygens (including phenoxy) is 2. The topological polar surface area (TPSA) is 27.7 Å². The molecule has 3 nitrogen and oxygen atoms in total. The highest BCUT2D eigenvalue weighted by atomic mass is 19.4. The van der Waals surface area contributed by atoms with Gasteiger partial charge in [-0.2, -0.15) is 26.3 Å².